The summed E-state index contributed by atoms with van der Waals surface area (Å²) in [6, 6.07) is 16.3. The van der Waals surface area contributed by atoms with Crippen molar-refractivity contribution < 1.29 is 28.3 Å². The van der Waals surface area contributed by atoms with Crippen molar-refractivity contribution in [2.75, 3.05) is 20.3 Å². The first-order valence-corrected chi connectivity index (χ1v) is 11.0. The molecule has 34 heavy (non-hydrogen) atoms. The number of hydrogen-bond acceptors (Lipinski definition) is 8. The lowest BCUT2D eigenvalue weighted by atomic mass is 10.1. The Labute approximate surface area is 198 Å². The lowest BCUT2D eigenvalue weighted by Crippen LogP contribution is -2.39. The zero-order chi connectivity index (χ0) is 24.5. The van der Waals surface area contributed by atoms with Crippen molar-refractivity contribution in [1.29, 1.82) is 0 Å². The molecule has 3 aromatic rings. The van der Waals surface area contributed by atoms with Gasteiger partial charge in [-0.05, 0) is 42.7 Å². The lowest BCUT2D eigenvalue weighted by Gasteiger charge is -2.28. The smallest absolute Gasteiger partial charge is 0.410 e. The van der Waals surface area contributed by atoms with Gasteiger partial charge in [0, 0.05) is 5.56 Å². The van der Waals surface area contributed by atoms with Gasteiger partial charge in [-0.25, -0.2) is 4.79 Å². The molecule has 0 saturated carbocycles. The van der Waals surface area contributed by atoms with Crippen molar-refractivity contribution in [2.45, 2.75) is 33.4 Å². The number of carbonyl (C=O) groups is 2. The third-order valence-electron chi connectivity index (χ3n) is 4.99. The first-order chi connectivity index (χ1) is 16.4. The standard InChI is InChI=1S/C25H29N3O6/c1-17(2)15-33-25(30)28(14-23(29)31-4)18(3)19-10-12-21(13-11-19)32-16-22-26-24(34-27-22)20-8-6-5-7-9-20/h5-13,17-18H,14-16H2,1-4H3/t18-/m1/s1. The van der Waals surface area contributed by atoms with Crippen LogP contribution in [-0.2, 0) is 20.9 Å². The fourth-order valence-electron chi connectivity index (χ4n) is 3.07. The van der Waals surface area contributed by atoms with Crippen molar-refractivity contribution in [3.63, 3.8) is 0 Å². The molecule has 1 amide bonds. The SMILES string of the molecule is COC(=O)CN(C(=O)OCC(C)C)[C@H](C)c1ccc(OCc2noc(-c3ccccc3)n2)cc1. The van der Waals surface area contributed by atoms with Gasteiger partial charge in [-0.2, -0.15) is 4.98 Å². The summed E-state index contributed by atoms with van der Waals surface area (Å²) in [5.41, 5.74) is 1.65. The van der Waals surface area contributed by atoms with E-state index in [4.69, 9.17) is 18.7 Å². The van der Waals surface area contributed by atoms with Gasteiger partial charge in [0.15, 0.2) is 6.61 Å². The minimum Gasteiger partial charge on any atom is -0.485 e. The predicted molar refractivity (Wildman–Crippen MR) is 124 cm³/mol. The molecule has 2 aromatic carbocycles. The Balaban J connectivity index is 1.62. The number of carbonyl (C=O) groups excluding carboxylic acids is 2. The molecule has 1 aromatic heterocycles. The molecule has 180 valence electrons. The minimum absolute atomic E-state index is 0.140. The van der Waals surface area contributed by atoms with Gasteiger partial charge in [-0.1, -0.05) is 49.3 Å². The van der Waals surface area contributed by atoms with Gasteiger partial charge < -0.3 is 18.7 Å². The van der Waals surface area contributed by atoms with E-state index in [0.717, 1.165) is 11.1 Å². The van der Waals surface area contributed by atoms with Crippen LogP contribution < -0.4 is 4.74 Å². The molecule has 0 aliphatic heterocycles. The highest BCUT2D eigenvalue weighted by Crippen LogP contribution is 2.24. The Morgan fingerprint density at radius 1 is 1.03 bits per heavy atom. The van der Waals surface area contributed by atoms with Crippen molar-refractivity contribution in [2.24, 2.45) is 5.92 Å². The Kier molecular flexibility index (Phi) is 8.61. The second-order valence-electron chi connectivity index (χ2n) is 8.09. The Morgan fingerprint density at radius 3 is 2.38 bits per heavy atom. The van der Waals surface area contributed by atoms with Crippen LogP contribution in [0.5, 0.6) is 5.75 Å². The van der Waals surface area contributed by atoms with Crippen LogP contribution in [0.3, 0.4) is 0 Å². The number of amides is 1. The summed E-state index contributed by atoms with van der Waals surface area (Å²) < 4.78 is 21.1. The number of ether oxygens (including phenoxy) is 3. The van der Waals surface area contributed by atoms with E-state index >= 15 is 0 Å². The summed E-state index contributed by atoms with van der Waals surface area (Å²) in [6.07, 6.45) is -0.571. The average molecular weight is 468 g/mol. The topological polar surface area (TPSA) is 104 Å². The molecule has 9 heteroatoms. The van der Waals surface area contributed by atoms with Gasteiger partial charge >= 0.3 is 12.1 Å². The molecule has 0 bridgehead atoms. The van der Waals surface area contributed by atoms with E-state index in [0.29, 0.717) is 17.5 Å². The first-order valence-electron chi connectivity index (χ1n) is 11.0. The fourth-order valence-corrected chi connectivity index (χ4v) is 3.07. The summed E-state index contributed by atoms with van der Waals surface area (Å²) in [7, 11) is 1.28. The van der Waals surface area contributed by atoms with Crippen LogP contribution in [0.4, 0.5) is 4.79 Å². The highest BCUT2D eigenvalue weighted by molar-refractivity contribution is 5.78. The van der Waals surface area contributed by atoms with E-state index in [-0.39, 0.29) is 25.7 Å². The molecule has 1 atom stereocenters. The molecular weight excluding hydrogens is 438 g/mol. The maximum absolute atomic E-state index is 12.6. The number of esters is 1. The quantitative estimate of drug-likeness (QED) is 0.397. The number of benzene rings is 2. The molecular formula is C25H29N3O6. The second-order valence-corrected chi connectivity index (χ2v) is 8.09. The van der Waals surface area contributed by atoms with Crippen LogP contribution in [0.15, 0.2) is 59.1 Å². The van der Waals surface area contributed by atoms with E-state index in [9.17, 15) is 9.59 Å². The van der Waals surface area contributed by atoms with Gasteiger partial charge in [-0.3, -0.25) is 9.69 Å². The molecule has 0 spiro atoms. The van der Waals surface area contributed by atoms with E-state index in [1.807, 2.05) is 63.2 Å². The highest BCUT2D eigenvalue weighted by Gasteiger charge is 2.26. The zero-order valence-corrected chi connectivity index (χ0v) is 19.8. The van der Waals surface area contributed by atoms with E-state index < -0.39 is 18.1 Å². The number of hydrogen-bond donors (Lipinski definition) is 0. The molecule has 1 heterocycles. The molecule has 0 fully saturated rings. The second kappa shape index (κ2) is 11.8. The summed E-state index contributed by atoms with van der Waals surface area (Å²) in [5.74, 6) is 1.11. The molecule has 0 unspecified atom stereocenters. The zero-order valence-electron chi connectivity index (χ0n) is 19.8. The van der Waals surface area contributed by atoms with Gasteiger partial charge in [-0.15, -0.1) is 0 Å². The van der Waals surface area contributed by atoms with Crippen molar-refractivity contribution in [3.05, 3.63) is 66.0 Å². The normalized spacial score (nSPS) is 11.7. The summed E-state index contributed by atoms with van der Waals surface area (Å²) in [6.45, 7) is 5.89. The van der Waals surface area contributed by atoms with E-state index in [1.54, 1.807) is 12.1 Å². The monoisotopic (exact) mass is 467 g/mol. The van der Waals surface area contributed by atoms with Crippen LogP contribution in [0.1, 0.15) is 38.2 Å². The van der Waals surface area contributed by atoms with Gasteiger partial charge in [0.2, 0.25) is 5.82 Å². The number of methoxy groups -OCH3 is 1. The number of rotatable bonds is 10. The highest BCUT2D eigenvalue weighted by atomic mass is 16.6. The van der Waals surface area contributed by atoms with Crippen LogP contribution in [0.25, 0.3) is 11.5 Å². The van der Waals surface area contributed by atoms with Crippen molar-refractivity contribution in [1.82, 2.24) is 15.0 Å². The van der Waals surface area contributed by atoms with Gasteiger partial charge in [0.1, 0.15) is 12.3 Å². The van der Waals surface area contributed by atoms with Crippen LogP contribution >= 0.6 is 0 Å². The molecule has 0 saturated heterocycles. The largest absolute Gasteiger partial charge is 0.485 e. The van der Waals surface area contributed by atoms with Crippen LogP contribution in [-0.4, -0.2) is 47.4 Å². The Morgan fingerprint density at radius 2 is 1.74 bits per heavy atom. The summed E-state index contributed by atoms with van der Waals surface area (Å²) in [4.78, 5) is 30.1. The summed E-state index contributed by atoms with van der Waals surface area (Å²) >= 11 is 0. The van der Waals surface area contributed by atoms with Crippen LogP contribution in [0.2, 0.25) is 0 Å². The Hall–Kier alpha value is -3.88. The first kappa shape index (κ1) is 24.8. The molecule has 3 rings (SSSR count). The molecule has 0 aliphatic carbocycles. The third kappa shape index (κ3) is 6.81. The van der Waals surface area contributed by atoms with Crippen molar-refractivity contribution >= 4 is 12.1 Å². The maximum atomic E-state index is 12.6. The number of nitrogens with zero attached hydrogens (tertiary/aromatic N) is 3. The summed E-state index contributed by atoms with van der Waals surface area (Å²) in [5, 5.41) is 3.95. The molecule has 0 aliphatic rings. The average Bonchev–Trinajstić information content (AvgIpc) is 3.34. The molecule has 9 nitrogen and oxygen atoms in total. The minimum atomic E-state index is -0.571. The van der Waals surface area contributed by atoms with Crippen molar-refractivity contribution in [3.8, 4) is 17.2 Å². The third-order valence-corrected chi connectivity index (χ3v) is 4.99. The fraction of sp³-hybridized carbons (Fsp3) is 0.360. The predicted octanol–water partition coefficient (Wildman–Crippen LogP) is 4.64. The lowest BCUT2D eigenvalue weighted by molar-refractivity contribution is -0.142. The maximum Gasteiger partial charge on any atom is 0.410 e. The van der Waals surface area contributed by atoms with Crippen LogP contribution in [0, 0.1) is 5.92 Å². The van der Waals surface area contributed by atoms with Gasteiger partial charge in [0.05, 0.1) is 19.8 Å². The van der Waals surface area contributed by atoms with E-state index in [1.165, 1.54) is 12.0 Å². The molecule has 0 N–H and O–H groups in total. The molecule has 0 radical (unpaired) electrons. The number of aromatic nitrogens is 2. The van der Waals surface area contributed by atoms with Gasteiger partial charge in [0.25, 0.3) is 5.89 Å². The van der Waals surface area contributed by atoms with E-state index in [2.05, 4.69) is 10.1 Å². The Bertz CT molecular complexity index is 1070.